The maximum Gasteiger partial charge on any atom is 0.260 e. The molecule has 0 aromatic carbocycles. The van der Waals surface area contributed by atoms with Crippen LogP contribution in [0.2, 0.25) is 0 Å². The van der Waals surface area contributed by atoms with Crippen LogP contribution in [0, 0.1) is 6.92 Å². The van der Waals surface area contributed by atoms with Crippen molar-refractivity contribution in [1.82, 2.24) is 10.3 Å². The summed E-state index contributed by atoms with van der Waals surface area (Å²) >= 11 is 0. The number of rotatable bonds is 3. The molecule has 5 nitrogen and oxygen atoms in total. The van der Waals surface area contributed by atoms with Gasteiger partial charge in [-0.2, -0.15) is 0 Å². The first-order valence-electron chi connectivity index (χ1n) is 6.29. The molecule has 0 unspecified atom stereocenters. The van der Waals surface area contributed by atoms with Crippen LogP contribution in [0.4, 0.5) is 0 Å². The zero-order valence-corrected chi connectivity index (χ0v) is 10.6. The van der Waals surface area contributed by atoms with Gasteiger partial charge in [-0.25, -0.2) is 0 Å². The van der Waals surface area contributed by atoms with Crippen molar-refractivity contribution in [2.45, 2.75) is 38.1 Å². The highest BCUT2D eigenvalue weighted by Gasteiger charge is 2.34. The molecule has 1 fully saturated rings. The van der Waals surface area contributed by atoms with E-state index in [0.29, 0.717) is 6.54 Å². The van der Waals surface area contributed by atoms with E-state index < -0.39 is 0 Å². The number of hydrogen-bond donors (Lipinski definition) is 3. The number of H-pyrrole nitrogens is 1. The lowest BCUT2D eigenvalue weighted by Gasteiger charge is -2.28. The lowest BCUT2D eigenvalue weighted by atomic mass is 9.97. The molecule has 2 rings (SSSR count). The smallest absolute Gasteiger partial charge is 0.260 e. The minimum Gasteiger partial charge on any atom is -0.345 e. The Bertz CT molecular complexity index is 501. The van der Waals surface area contributed by atoms with E-state index in [4.69, 9.17) is 5.73 Å². The first kappa shape index (κ1) is 12.8. The van der Waals surface area contributed by atoms with Gasteiger partial charge in [-0.15, -0.1) is 0 Å². The average Bonchev–Trinajstić information content (AvgIpc) is 2.78. The van der Waals surface area contributed by atoms with Crippen LogP contribution in [0.3, 0.4) is 0 Å². The van der Waals surface area contributed by atoms with Crippen LogP contribution in [0.5, 0.6) is 0 Å². The molecule has 18 heavy (non-hydrogen) atoms. The van der Waals surface area contributed by atoms with Gasteiger partial charge >= 0.3 is 0 Å². The van der Waals surface area contributed by atoms with Crippen molar-refractivity contribution in [3.8, 4) is 0 Å². The van der Waals surface area contributed by atoms with Crippen molar-refractivity contribution in [2.75, 3.05) is 6.54 Å². The van der Waals surface area contributed by atoms with E-state index in [-0.39, 0.29) is 22.6 Å². The summed E-state index contributed by atoms with van der Waals surface area (Å²) in [5, 5.41) is 2.93. The quantitative estimate of drug-likeness (QED) is 0.736. The van der Waals surface area contributed by atoms with Gasteiger partial charge in [-0.3, -0.25) is 9.59 Å². The molecule has 0 bridgehead atoms. The molecule has 0 radical (unpaired) electrons. The van der Waals surface area contributed by atoms with Crippen LogP contribution >= 0.6 is 0 Å². The number of carbonyl (C=O) groups is 1. The molecule has 5 heteroatoms. The van der Waals surface area contributed by atoms with Crippen molar-refractivity contribution < 1.29 is 4.79 Å². The van der Waals surface area contributed by atoms with Crippen LogP contribution in [0.15, 0.2) is 16.9 Å². The SMILES string of the molecule is Cc1ccc(C(=O)NC2(CN)CCCC2)c(=O)[nH]1. The highest BCUT2D eigenvalue weighted by Crippen LogP contribution is 2.28. The summed E-state index contributed by atoms with van der Waals surface area (Å²) in [5.74, 6) is -0.330. The predicted molar refractivity (Wildman–Crippen MR) is 69.5 cm³/mol. The minimum atomic E-state index is -0.349. The molecule has 0 atom stereocenters. The van der Waals surface area contributed by atoms with Crippen LogP contribution in [-0.2, 0) is 0 Å². The fourth-order valence-corrected chi connectivity index (χ4v) is 2.49. The molecule has 1 amide bonds. The Labute approximate surface area is 106 Å². The van der Waals surface area contributed by atoms with E-state index in [1.54, 1.807) is 19.1 Å². The molecule has 4 N–H and O–H groups in total. The molecule has 1 aliphatic rings. The first-order valence-corrected chi connectivity index (χ1v) is 6.29. The largest absolute Gasteiger partial charge is 0.345 e. The molecule has 1 aliphatic carbocycles. The van der Waals surface area contributed by atoms with E-state index >= 15 is 0 Å². The summed E-state index contributed by atoms with van der Waals surface area (Å²) < 4.78 is 0. The van der Waals surface area contributed by atoms with Gasteiger partial charge in [-0.1, -0.05) is 12.8 Å². The molecule has 1 saturated carbocycles. The average molecular weight is 249 g/mol. The van der Waals surface area contributed by atoms with E-state index in [2.05, 4.69) is 10.3 Å². The number of nitrogens with one attached hydrogen (secondary N) is 2. The van der Waals surface area contributed by atoms with Crippen LogP contribution in [0.1, 0.15) is 41.7 Å². The van der Waals surface area contributed by atoms with E-state index in [1.165, 1.54) is 0 Å². The van der Waals surface area contributed by atoms with Crippen LogP contribution in [-0.4, -0.2) is 23.0 Å². The van der Waals surface area contributed by atoms with Gasteiger partial charge < -0.3 is 16.0 Å². The minimum absolute atomic E-state index is 0.153. The van der Waals surface area contributed by atoms with Crippen molar-refractivity contribution in [2.24, 2.45) is 5.73 Å². The summed E-state index contributed by atoms with van der Waals surface area (Å²) in [6, 6.07) is 3.28. The second-order valence-electron chi connectivity index (χ2n) is 5.03. The number of pyridine rings is 1. The molecule has 98 valence electrons. The summed E-state index contributed by atoms with van der Waals surface area (Å²) in [6.07, 6.45) is 3.92. The third-order valence-electron chi connectivity index (χ3n) is 3.63. The van der Waals surface area contributed by atoms with Crippen molar-refractivity contribution in [1.29, 1.82) is 0 Å². The molecular formula is C13H19N3O2. The summed E-state index contributed by atoms with van der Waals surface area (Å²) in [7, 11) is 0. The maximum atomic E-state index is 12.1. The molecule has 0 aliphatic heterocycles. The fraction of sp³-hybridized carbons (Fsp3) is 0.538. The Morgan fingerprint density at radius 1 is 1.44 bits per heavy atom. The van der Waals surface area contributed by atoms with Gasteiger partial charge in [0.1, 0.15) is 5.56 Å². The van der Waals surface area contributed by atoms with Crippen LogP contribution in [0.25, 0.3) is 0 Å². The Morgan fingerprint density at radius 3 is 2.67 bits per heavy atom. The second kappa shape index (κ2) is 4.94. The van der Waals surface area contributed by atoms with Crippen molar-refractivity contribution in [3.63, 3.8) is 0 Å². The molecule has 0 saturated heterocycles. The van der Waals surface area contributed by atoms with E-state index in [1.807, 2.05) is 0 Å². The summed E-state index contributed by atoms with van der Waals surface area (Å²) in [4.78, 5) is 26.4. The van der Waals surface area contributed by atoms with Gasteiger partial charge in [0.25, 0.3) is 11.5 Å². The van der Waals surface area contributed by atoms with Gasteiger partial charge in [0.05, 0.1) is 5.54 Å². The Balaban J connectivity index is 2.19. The van der Waals surface area contributed by atoms with E-state index in [9.17, 15) is 9.59 Å². The highest BCUT2D eigenvalue weighted by atomic mass is 16.2. The standard InChI is InChI=1S/C13H19N3O2/c1-9-4-5-10(11(17)15-9)12(18)16-13(8-14)6-2-3-7-13/h4-5H,2-3,6-8,14H2,1H3,(H,15,17)(H,16,18). The van der Waals surface area contributed by atoms with Gasteiger partial charge in [0, 0.05) is 12.2 Å². The van der Waals surface area contributed by atoms with Gasteiger partial charge in [0.15, 0.2) is 0 Å². The Kier molecular flexibility index (Phi) is 3.52. The number of hydrogen-bond acceptors (Lipinski definition) is 3. The zero-order chi connectivity index (χ0) is 13.2. The highest BCUT2D eigenvalue weighted by molar-refractivity contribution is 5.94. The molecular weight excluding hydrogens is 230 g/mol. The lowest BCUT2D eigenvalue weighted by Crippen LogP contribution is -2.52. The molecule has 1 aromatic heterocycles. The van der Waals surface area contributed by atoms with Crippen molar-refractivity contribution >= 4 is 5.91 Å². The first-order chi connectivity index (χ1) is 8.56. The van der Waals surface area contributed by atoms with Gasteiger partial charge in [0.2, 0.25) is 0 Å². The lowest BCUT2D eigenvalue weighted by molar-refractivity contribution is 0.0901. The third kappa shape index (κ3) is 2.46. The summed E-state index contributed by atoms with van der Waals surface area (Å²) in [6.45, 7) is 2.20. The predicted octanol–water partition coefficient (Wildman–Crippen LogP) is 0.685. The van der Waals surface area contributed by atoms with Crippen LogP contribution < -0.4 is 16.6 Å². The number of carbonyl (C=O) groups excluding carboxylic acids is 1. The third-order valence-corrected chi connectivity index (χ3v) is 3.63. The fourth-order valence-electron chi connectivity index (χ4n) is 2.49. The Hall–Kier alpha value is -1.62. The normalized spacial score (nSPS) is 17.7. The molecule has 0 spiro atoms. The number of aromatic amines is 1. The number of aryl methyl sites for hydroxylation is 1. The topological polar surface area (TPSA) is 88.0 Å². The monoisotopic (exact) mass is 249 g/mol. The maximum absolute atomic E-state index is 12.1. The zero-order valence-electron chi connectivity index (χ0n) is 10.6. The molecule has 1 aromatic rings. The number of amides is 1. The van der Waals surface area contributed by atoms with Gasteiger partial charge in [-0.05, 0) is 31.9 Å². The second-order valence-corrected chi connectivity index (χ2v) is 5.03. The number of nitrogens with two attached hydrogens (primary N) is 1. The van der Waals surface area contributed by atoms with E-state index in [0.717, 1.165) is 31.4 Å². The Morgan fingerprint density at radius 2 is 2.11 bits per heavy atom. The molecule has 1 heterocycles. The number of aromatic nitrogens is 1. The summed E-state index contributed by atoms with van der Waals surface area (Å²) in [5.41, 5.74) is 5.98. The van der Waals surface area contributed by atoms with Crippen molar-refractivity contribution in [3.05, 3.63) is 33.7 Å².